The number of thiazole rings is 1. The summed E-state index contributed by atoms with van der Waals surface area (Å²) >= 11 is 1.32. The molecule has 2 aliphatic rings. The van der Waals surface area contributed by atoms with Crippen molar-refractivity contribution in [3.05, 3.63) is 132 Å². The number of nitrogens with zero attached hydrogens (tertiary/aromatic N) is 2. The van der Waals surface area contributed by atoms with Gasteiger partial charge < -0.3 is 0 Å². The molecule has 162 valence electrons. The highest BCUT2D eigenvalue weighted by molar-refractivity contribution is 7.07. The highest BCUT2D eigenvalue weighted by Gasteiger charge is 2.32. The highest BCUT2D eigenvalue weighted by atomic mass is 32.1. The van der Waals surface area contributed by atoms with Crippen molar-refractivity contribution in [1.82, 2.24) is 4.57 Å². The van der Waals surface area contributed by atoms with Crippen molar-refractivity contribution in [3.8, 4) is 0 Å². The maximum Gasteiger partial charge on any atom is 0.271 e. The van der Waals surface area contributed by atoms with Crippen molar-refractivity contribution >= 4 is 23.1 Å². The van der Waals surface area contributed by atoms with Gasteiger partial charge in [0.05, 0.1) is 16.3 Å². The van der Waals surface area contributed by atoms with Crippen LogP contribution in [0.15, 0.2) is 88.2 Å². The van der Waals surface area contributed by atoms with Crippen LogP contribution in [0.4, 0.5) is 8.78 Å². The number of allylic oxidation sites excluding steroid dienone is 1. The normalized spacial score (nSPS) is 17.3. The van der Waals surface area contributed by atoms with Gasteiger partial charge in [0.2, 0.25) is 0 Å². The molecular weight excluding hydrogens is 438 g/mol. The number of hydrogen-bond donors (Lipinski definition) is 0. The minimum absolute atomic E-state index is 0.150. The first kappa shape index (κ1) is 20.0. The van der Waals surface area contributed by atoms with Crippen LogP contribution in [0.1, 0.15) is 34.7 Å². The molecule has 3 nitrogen and oxygen atoms in total. The zero-order valence-corrected chi connectivity index (χ0v) is 18.3. The van der Waals surface area contributed by atoms with Crippen LogP contribution in [-0.2, 0) is 6.42 Å². The molecule has 0 N–H and O–H groups in total. The molecule has 1 aliphatic carbocycles. The molecule has 0 saturated carbocycles. The monoisotopic (exact) mass is 456 g/mol. The number of rotatable bonds is 2. The molecule has 0 saturated heterocycles. The van der Waals surface area contributed by atoms with Crippen LogP contribution < -0.4 is 14.9 Å². The molecule has 1 aromatic heterocycles. The first-order valence-corrected chi connectivity index (χ1v) is 11.5. The first-order chi connectivity index (χ1) is 16.1. The van der Waals surface area contributed by atoms with E-state index in [2.05, 4.69) is 12.1 Å². The van der Waals surface area contributed by atoms with Crippen molar-refractivity contribution in [3.63, 3.8) is 0 Å². The molecule has 1 atom stereocenters. The average molecular weight is 457 g/mol. The molecule has 3 aromatic carbocycles. The molecule has 0 bridgehead atoms. The summed E-state index contributed by atoms with van der Waals surface area (Å²) in [5.41, 5.74) is 5.75. The third-order valence-electron chi connectivity index (χ3n) is 6.23. The summed E-state index contributed by atoms with van der Waals surface area (Å²) in [6.45, 7) is 0. The maximum absolute atomic E-state index is 13.7. The number of hydrogen-bond acceptors (Lipinski definition) is 3. The van der Waals surface area contributed by atoms with Crippen LogP contribution in [-0.4, -0.2) is 4.57 Å². The molecule has 6 rings (SSSR count). The molecule has 1 unspecified atom stereocenters. The van der Waals surface area contributed by atoms with Crippen LogP contribution in [0, 0.1) is 11.6 Å². The van der Waals surface area contributed by atoms with Gasteiger partial charge in [-0.25, -0.2) is 13.8 Å². The van der Waals surface area contributed by atoms with E-state index in [1.807, 2.05) is 12.1 Å². The fourth-order valence-electron chi connectivity index (χ4n) is 4.68. The number of aryl methyl sites for hydroxylation is 1. The van der Waals surface area contributed by atoms with E-state index < -0.39 is 0 Å². The van der Waals surface area contributed by atoms with Crippen molar-refractivity contribution in [2.75, 3.05) is 0 Å². The van der Waals surface area contributed by atoms with Gasteiger partial charge >= 0.3 is 0 Å². The van der Waals surface area contributed by atoms with E-state index in [9.17, 15) is 13.6 Å². The molecule has 4 aromatic rings. The van der Waals surface area contributed by atoms with E-state index in [-0.39, 0.29) is 23.2 Å². The number of fused-ring (bicyclic) bond motifs is 3. The molecule has 6 heteroatoms. The first-order valence-electron chi connectivity index (χ1n) is 10.7. The minimum Gasteiger partial charge on any atom is -0.272 e. The summed E-state index contributed by atoms with van der Waals surface area (Å²) in [5, 5.41) is 0. The zero-order valence-electron chi connectivity index (χ0n) is 17.5. The summed E-state index contributed by atoms with van der Waals surface area (Å²) in [5.74, 6) is -0.637. The lowest BCUT2D eigenvalue weighted by Gasteiger charge is -2.30. The van der Waals surface area contributed by atoms with E-state index in [0.29, 0.717) is 9.33 Å². The van der Waals surface area contributed by atoms with Crippen molar-refractivity contribution in [2.24, 2.45) is 4.99 Å². The summed E-state index contributed by atoms with van der Waals surface area (Å²) < 4.78 is 29.3. The van der Waals surface area contributed by atoms with Gasteiger partial charge in [-0.2, -0.15) is 0 Å². The lowest BCUT2D eigenvalue weighted by atomic mass is 9.83. The molecule has 0 amide bonds. The Balaban J connectivity index is 1.62. The Morgan fingerprint density at radius 3 is 2.36 bits per heavy atom. The SMILES string of the molecule is O=c1c(=Cc2ccc(F)cc2)sc2n1C(c1ccc(F)cc1)C1=C(N=2)c2ccccc2CC1. The van der Waals surface area contributed by atoms with E-state index in [4.69, 9.17) is 4.99 Å². The predicted molar refractivity (Wildman–Crippen MR) is 126 cm³/mol. The summed E-state index contributed by atoms with van der Waals surface area (Å²) in [6, 6.07) is 20.3. The summed E-state index contributed by atoms with van der Waals surface area (Å²) in [7, 11) is 0. The zero-order chi connectivity index (χ0) is 22.5. The standard InChI is InChI=1S/C27H18F2N2OS/c28-19-10-5-16(6-11-19)15-23-26(32)31-25(18-7-12-20(29)13-8-18)22-14-9-17-3-1-2-4-21(17)24(22)30-27(31)33-23/h1-8,10-13,15,25H,9,14H2. The predicted octanol–water partition coefficient (Wildman–Crippen LogP) is 4.60. The van der Waals surface area contributed by atoms with E-state index >= 15 is 0 Å². The lowest BCUT2D eigenvalue weighted by Crippen LogP contribution is -2.38. The van der Waals surface area contributed by atoms with E-state index in [1.54, 1.807) is 34.9 Å². The Hall–Kier alpha value is -3.64. The van der Waals surface area contributed by atoms with Gasteiger partial charge in [-0.05, 0) is 65.4 Å². The highest BCUT2D eigenvalue weighted by Crippen LogP contribution is 2.41. The van der Waals surface area contributed by atoms with Gasteiger partial charge in [0.15, 0.2) is 4.80 Å². The molecule has 0 spiro atoms. The van der Waals surface area contributed by atoms with E-state index in [1.165, 1.54) is 41.2 Å². The second-order valence-corrected chi connectivity index (χ2v) is 9.23. The van der Waals surface area contributed by atoms with Gasteiger partial charge in [-0.3, -0.25) is 9.36 Å². The molecular formula is C27H18F2N2OS. The van der Waals surface area contributed by atoms with Crippen LogP contribution in [0.5, 0.6) is 0 Å². The van der Waals surface area contributed by atoms with Gasteiger partial charge in [0.25, 0.3) is 5.56 Å². The van der Waals surface area contributed by atoms with Crippen LogP contribution in [0.3, 0.4) is 0 Å². The Morgan fingerprint density at radius 1 is 0.909 bits per heavy atom. The Bertz CT molecular complexity index is 1600. The molecule has 2 heterocycles. The Kier molecular flexibility index (Phi) is 4.69. The third kappa shape index (κ3) is 3.38. The topological polar surface area (TPSA) is 34.4 Å². The summed E-state index contributed by atoms with van der Waals surface area (Å²) in [4.78, 5) is 19.1. The van der Waals surface area contributed by atoms with Crippen molar-refractivity contribution in [2.45, 2.75) is 18.9 Å². The van der Waals surface area contributed by atoms with Crippen molar-refractivity contribution in [1.29, 1.82) is 0 Å². The number of halogens is 2. The van der Waals surface area contributed by atoms with Crippen molar-refractivity contribution < 1.29 is 8.78 Å². The average Bonchev–Trinajstić information content (AvgIpc) is 3.14. The molecule has 1 aliphatic heterocycles. The van der Waals surface area contributed by atoms with E-state index in [0.717, 1.165) is 40.8 Å². The van der Waals surface area contributed by atoms with Gasteiger partial charge in [0.1, 0.15) is 11.6 Å². The molecule has 0 radical (unpaired) electrons. The van der Waals surface area contributed by atoms with Gasteiger partial charge in [-0.15, -0.1) is 0 Å². The number of aromatic nitrogens is 1. The Labute approximate surface area is 192 Å². The molecule has 0 fully saturated rings. The quantitative estimate of drug-likeness (QED) is 0.434. The van der Waals surface area contributed by atoms with Crippen LogP contribution in [0.2, 0.25) is 0 Å². The van der Waals surface area contributed by atoms with Gasteiger partial charge in [0, 0.05) is 5.56 Å². The second-order valence-electron chi connectivity index (χ2n) is 8.22. The largest absolute Gasteiger partial charge is 0.272 e. The maximum atomic E-state index is 13.7. The third-order valence-corrected chi connectivity index (χ3v) is 7.21. The minimum atomic E-state index is -0.347. The van der Waals surface area contributed by atoms with Gasteiger partial charge in [-0.1, -0.05) is 59.9 Å². The number of benzene rings is 3. The summed E-state index contributed by atoms with van der Waals surface area (Å²) in [6.07, 6.45) is 3.41. The lowest BCUT2D eigenvalue weighted by molar-refractivity contribution is 0.581. The van der Waals surface area contributed by atoms with Crippen LogP contribution in [0.25, 0.3) is 11.8 Å². The molecule has 33 heavy (non-hydrogen) atoms. The fourth-order valence-corrected chi connectivity index (χ4v) is 5.68. The smallest absolute Gasteiger partial charge is 0.271 e. The fraction of sp³-hybridized carbons (Fsp3) is 0.111. The van der Waals surface area contributed by atoms with Crippen LogP contribution >= 0.6 is 11.3 Å². The second kappa shape index (κ2) is 7.74. The Morgan fingerprint density at radius 2 is 1.61 bits per heavy atom.